The highest BCUT2D eigenvalue weighted by atomic mass is 19.1. The first-order chi connectivity index (χ1) is 8.54. The molecule has 0 amide bonds. The van der Waals surface area contributed by atoms with Crippen LogP contribution in [0, 0.1) is 11.6 Å². The number of benzene rings is 1. The molecule has 1 fully saturated rings. The second-order valence-corrected chi connectivity index (χ2v) is 4.49. The van der Waals surface area contributed by atoms with E-state index in [0.717, 1.165) is 31.0 Å². The van der Waals surface area contributed by atoms with Gasteiger partial charge in [0.15, 0.2) is 0 Å². The van der Waals surface area contributed by atoms with Crippen molar-refractivity contribution in [2.45, 2.75) is 24.9 Å². The zero-order valence-electron chi connectivity index (χ0n) is 10.3. The number of likely N-dealkylation sites (N-methyl/N-ethyl adjacent to an activating group) is 1. The number of hydrogen-bond acceptors (Lipinski definition) is 3. The van der Waals surface area contributed by atoms with Crippen LogP contribution in [0.2, 0.25) is 0 Å². The van der Waals surface area contributed by atoms with Crippen molar-refractivity contribution in [3.63, 3.8) is 0 Å². The molecule has 0 aliphatic heterocycles. The van der Waals surface area contributed by atoms with Crippen molar-refractivity contribution in [2.75, 3.05) is 14.2 Å². The summed E-state index contributed by atoms with van der Waals surface area (Å²) >= 11 is 0. The highest BCUT2D eigenvalue weighted by molar-refractivity contribution is 5.77. The van der Waals surface area contributed by atoms with Crippen LogP contribution in [0.1, 0.15) is 24.4 Å². The van der Waals surface area contributed by atoms with Gasteiger partial charge in [-0.2, -0.15) is 0 Å². The first-order valence-corrected chi connectivity index (χ1v) is 5.79. The van der Waals surface area contributed by atoms with E-state index in [1.807, 2.05) is 0 Å². The Morgan fingerprint density at radius 2 is 2.11 bits per heavy atom. The Bertz CT molecular complexity index is 460. The average Bonchev–Trinajstić information content (AvgIpc) is 3.17. The molecule has 1 aliphatic rings. The molecule has 1 saturated carbocycles. The Labute approximate surface area is 104 Å². The van der Waals surface area contributed by atoms with Crippen LogP contribution in [-0.4, -0.2) is 31.1 Å². The molecule has 1 aromatic rings. The van der Waals surface area contributed by atoms with Gasteiger partial charge in [-0.3, -0.25) is 4.90 Å². The number of methoxy groups -OCH3 is 1. The second-order valence-electron chi connectivity index (χ2n) is 4.49. The molecule has 1 aliphatic carbocycles. The number of carbonyl (C=O) groups excluding carboxylic acids is 1. The zero-order valence-corrected chi connectivity index (χ0v) is 10.3. The molecular weight excluding hydrogens is 240 g/mol. The SMILES string of the molecule is COC(=O)C(c1cc(F)ccc1F)N(C)C1CC1. The lowest BCUT2D eigenvalue weighted by molar-refractivity contribution is -0.147. The summed E-state index contributed by atoms with van der Waals surface area (Å²) in [7, 11) is 2.97. The van der Waals surface area contributed by atoms with Crippen LogP contribution >= 0.6 is 0 Å². The lowest BCUT2D eigenvalue weighted by atomic mass is 10.0. The van der Waals surface area contributed by atoms with Crippen molar-refractivity contribution in [2.24, 2.45) is 0 Å². The molecule has 1 atom stereocenters. The summed E-state index contributed by atoms with van der Waals surface area (Å²) in [6, 6.07) is 2.46. The number of nitrogens with zero attached hydrogens (tertiary/aromatic N) is 1. The number of ether oxygens (including phenoxy) is 1. The van der Waals surface area contributed by atoms with Gasteiger partial charge >= 0.3 is 5.97 Å². The van der Waals surface area contributed by atoms with Crippen LogP contribution in [0.4, 0.5) is 8.78 Å². The summed E-state index contributed by atoms with van der Waals surface area (Å²) in [6.45, 7) is 0. The molecule has 0 spiro atoms. The number of carbonyl (C=O) groups is 1. The summed E-state index contributed by atoms with van der Waals surface area (Å²) in [5.74, 6) is -1.74. The van der Waals surface area contributed by atoms with Gasteiger partial charge in [0.05, 0.1) is 7.11 Å². The van der Waals surface area contributed by atoms with E-state index in [-0.39, 0.29) is 11.6 Å². The van der Waals surface area contributed by atoms with Crippen LogP contribution in [0.3, 0.4) is 0 Å². The third-order valence-electron chi connectivity index (χ3n) is 3.21. The van der Waals surface area contributed by atoms with E-state index in [9.17, 15) is 13.6 Å². The van der Waals surface area contributed by atoms with Crippen molar-refractivity contribution in [3.8, 4) is 0 Å². The van der Waals surface area contributed by atoms with E-state index >= 15 is 0 Å². The summed E-state index contributed by atoms with van der Waals surface area (Å²) in [5, 5.41) is 0. The molecule has 0 N–H and O–H groups in total. The third kappa shape index (κ3) is 2.51. The minimum atomic E-state index is -0.891. The Balaban J connectivity index is 2.38. The number of halogens is 2. The van der Waals surface area contributed by atoms with E-state index in [1.54, 1.807) is 11.9 Å². The van der Waals surface area contributed by atoms with Crippen molar-refractivity contribution >= 4 is 5.97 Å². The van der Waals surface area contributed by atoms with Crippen LogP contribution in [-0.2, 0) is 9.53 Å². The highest BCUT2D eigenvalue weighted by Crippen LogP contribution is 2.34. The fourth-order valence-electron chi connectivity index (χ4n) is 2.04. The quantitative estimate of drug-likeness (QED) is 0.773. The Kier molecular flexibility index (Phi) is 3.61. The van der Waals surface area contributed by atoms with E-state index in [4.69, 9.17) is 4.74 Å². The molecule has 0 radical (unpaired) electrons. The predicted molar refractivity (Wildman–Crippen MR) is 61.9 cm³/mol. The molecule has 0 aromatic heterocycles. The standard InChI is InChI=1S/C13H15F2NO2/c1-16(9-4-5-9)12(13(17)18-2)10-7-8(14)3-6-11(10)15/h3,6-7,9,12H,4-5H2,1-2H3. The first-order valence-electron chi connectivity index (χ1n) is 5.79. The third-order valence-corrected chi connectivity index (χ3v) is 3.21. The molecule has 98 valence electrons. The van der Waals surface area contributed by atoms with Crippen molar-refractivity contribution in [1.29, 1.82) is 0 Å². The Morgan fingerprint density at radius 1 is 1.44 bits per heavy atom. The van der Waals surface area contributed by atoms with Gasteiger partial charge in [0.2, 0.25) is 0 Å². The van der Waals surface area contributed by atoms with Crippen LogP contribution in [0.25, 0.3) is 0 Å². The lowest BCUT2D eigenvalue weighted by Gasteiger charge is -2.26. The van der Waals surface area contributed by atoms with E-state index < -0.39 is 23.6 Å². The molecule has 3 nitrogen and oxygen atoms in total. The molecule has 18 heavy (non-hydrogen) atoms. The van der Waals surface area contributed by atoms with Crippen LogP contribution in [0.5, 0.6) is 0 Å². The first kappa shape index (κ1) is 13.0. The Morgan fingerprint density at radius 3 is 2.67 bits per heavy atom. The number of esters is 1. The van der Waals surface area contributed by atoms with Gasteiger partial charge in [-0.05, 0) is 38.1 Å². The summed E-state index contributed by atoms with van der Waals surface area (Å²) < 4.78 is 31.7. The predicted octanol–water partition coefficient (Wildman–Crippen LogP) is 2.27. The number of rotatable bonds is 4. The molecule has 5 heteroatoms. The lowest BCUT2D eigenvalue weighted by Crippen LogP contribution is -2.34. The van der Waals surface area contributed by atoms with Gasteiger partial charge < -0.3 is 4.74 Å². The normalized spacial score (nSPS) is 16.7. The summed E-state index contributed by atoms with van der Waals surface area (Å²) in [6.07, 6.45) is 1.92. The van der Waals surface area contributed by atoms with Crippen molar-refractivity contribution < 1.29 is 18.3 Å². The molecule has 1 unspecified atom stereocenters. The van der Waals surface area contributed by atoms with Crippen LogP contribution < -0.4 is 0 Å². The van der Waals surface area contributed by atoms with Crippen molar-refractivity contribution in [3.05, 3.63) is 35.4 Å². The fraction of sp³-hybridized carbons (Fsp3) is 0.462. The molecule has 0 bridgehead atoms. The maximum Gasteiger partial charge on any atom is 0.327 e. The van der Waals surface area contributed by atoms with Gasteiger partial charge in [0.1, 0.15) is 17.7 Å². The van der Waals surface area contributed by atoms with Crippen molar-refractivity contribution in [1.82, 2.24) is 4.90 Å². The summed E-state index contributed by atoms with van der Waals surface area (Å²) in [4.78, 5) is 13.5. The average molecular weight is 255 g/mol. The largest absolute Gasteiger partial charge is 0.468 e. The molecular formula is C13H15F2NO2. The smallest absolute Gasteiger partial charge is 0.327 e. The van der Waals surface area contributed by atoms with Gasteiger partial charge in [-0.15, -0.1) is 0 Å². The molecule has 1 aromatic carbocycles. The van der Waals surface area contributed by atoms with Gasteiger partial charge in [-0.1, -0.05) is 0 Å². The van der Waals surface area contributed by atoms with E-state index in [2.05, 4.69) is 0 Å². The minimum Gasteiger partial charge on any atom is -0.468 e. The maximum absolute atomic E-state index is 13.8. The maximum atomic E-state index is 13.8. The molecule has 0 heterocycles. The topological polar surface area (TPSA) is 29.5 Å². The van der Waals surface area contributed by atoms with E-state index in [0.29, 0.717) is 0 Å². The molecule has 2 rings (SSSR count). The van der Waals surface area contributed by atoms with E-state index in [1.165, 1.54) is 7.11 Å². The van der Waals surface area contributed by atoms with Crippen LogP contribution in [0.15, 0.2) is 18.2 Å². The van der Waals surface area contributed by atoms with Gasteiger partial charge in [0, 0.05) is 11.6 Å². The number of hydrogen-bond donors (Lipinski definition) is 0. The highest BCUT2D eigenvalue weighted by Gasteiger charge is 2.37. The fourth-order valence-corrected chi connectivity index (χ4v) is 2.04. The summed E-state index contributed by atoms with van der Waals surface area (Å²) in [5.41, 5.74) is 0.0243. The van der Waals surface area contributed by atoms with Gasteiger partial charge in [-0.25, -0.2) is 13.6 Å². The minimum absolute atomic E-state index is 0.0243. The van der Waals surface area contributed by atoms with Gasteiger partial charge in [0.25, 0.3) is 0 Å². The Hall–Kier alpha value is -1.49. The molecule has 0 saturated heterocycles. The monoisotopic (exact) mass is 255 g/mol. The zero-order chi connectivity index (χ0) is 13.3. The second kappa shape index (κ2) is 5.02.